The van der Waals surface area contributed by atoms with Crippen LogP contribution in [-0.2, 0) is 6.54 Å². The lowest BCUT2D eigenvalue weighted by atomic mass is 10.2. The van der Waals surface area contributed by atoms with Crippen LogP contribution in [0.1, 0.15) is 16.8 Å². The molecule has 1 fully saturated rings. The lowest BCUT2D eigenvalue weighted by molar-refractivity contribution is 0.248. The molecule has 0 spiro atoms. The Labute approximate surface area is 153 Å². The van der Waals surface area contributed by atoms with E-state index in [2.05, 4.69) is 39.7 Å². The van der Waals surface area contributed by atoms with Gasteiger partial charge < -0.3 is 9.64 Å². The summed E-state index contributed by atoms with van der Waals surface area (Å²) in [5.74, 6) is 1.75. The van der Waals surface area contributed by atoms with Crippen molar-refractivity contribution < 1.29 is 4.74 Å². The Hall–Kier alpha value is -1.86. The highest BCUT2D eigenvalue weighted by Crippen LogP contribution is 2.24. The fraction of sp³-hybridized carbons (Fsp3) is 0.500. The second kappa shape index (κ2) is 8.01. The Balaban J connectivity index is 1.62. The first-order valence-corrected chi connectivity index (χ1v) is 9.68. The van der Waals surface area contributed by atoms with Gasteiger partial charge in [0.25, 0.3) is 0 Å². The molecule has 3 rings (SSSR count). The third-order valence-corrected chi connectivity index (χ3v) is 5.16. The molecule has 0 unspecified atom stereocenters. The average Bonchev–Trinajstić information content (AvgIpc) is 2.65. The maximum atomic E-state index is 5.12. The number of aromatic nitrogens is 3. The highest BCUT2D eigenvalue weighted by molar-refractivity contribution is 7.98. The van der Waals surface area contributed by atoms with Crippen LogP contribution in [0.15, 0.2) is 23.5 Å². The van der Waals surface area contributed by atoms with E-state index in [1.807, 2.05) is 18.5 Å². The number of thioether (sulfide) groups is 1. The minimum Gasteiger partial charge on any atom is -0.481 e. The van der Waals surface area contributed by atoms with Crippen molar-refractivity contribution in [1.29, 1.82) is 0 Å². The lowest BCUT2D eigenvalue weighted by Gasteiger charge is -2.36. The van der Waals surface area contributed by atoms with Crippen LogP contribution in [0, 0.1) is 13.8 Å². The number of pyridine rings is 1. The summed E-state index contributed by atoms with van der Waals surface area (Å²) in [6.45, 7) is 9.09. The topological polar surface area (TPSA) is 54.4 Å². The molecule has 0 radical (unpaired) electrons. The van der Waals surface area contributed by atoms with E-state index in [0.29, 0.717) is 5.88 Å². The van der Waals surface area contributed by atoms with E-state index in [-0.39, 0.29) is 0 Å². The van der Waals surface area contributed by atoms with Gasteiger partial charge in [-0.25, -0.2) is 15.0 Å². The van der Waals surface area contributed by atoms with Gasteiger partial charge in [-0.05, 0) is 25.7 Å². The number of aryl methyl sites for hydroxylation is 1. The van der Waals surface area contributed by atoms with E-state index in [9.17, 15) is 0 Å². The van der Waals surface area contributed by atoms with Crippen molar-refractivity contribution >= 4 is 17.6 Å². The molecular weight excluding hydrogens is 334 g/mol. The summed E-state index contributed by atoms with van der Waals surface area (Å²) in [5, 5.41) is 0.852. The van der Waals surface area contributed by atoms with Gasteiger partial charge in [0, 0.05) is 56.2 Å². The Morgan fingerprint density at radius 2 is 1.88 bits per heavy atom. The van der Waals surface area contributed by atoms with Crippen LogP contribution in [0.5, 0.6) is 5.88 Å². The van der Waals surface area contributed by atoms with Gasteiger partial charge in [0.1, 0.15) is 5.82 Å². The lowest BCUT2D eigenvalue weighted by Crippen LogP contribution is -2.46. The molecule has 6 nitrogen and oxygen atoms in total. The zero-order chi connectivity index (χ0) is 17.8. The Kier molecular flexibility index (Phi) is 5.75. The van der Waals surface area contributed by atoms with E-state index >= 15 is 0 Å². The molecule has 0 N–H and O–H groups in total. The van der Waals surface area contributed by atoms with Crippen molar-refractivity contribution in [2.45, 2.75) is 25.5 Å². The first-order valence-electron chi connectivity index (χ1n) is 8.46. The minimum absolute atomic E-state index is 0.660. The van der Waals surface area contributed by atoms with E-state index in [0.717, 1.165) is 49.4 Å². The number of ether oxygens (including phenoxy) is 1. The van der Waals surface area contributed by atoms with Crippen LogP contribution in [-0.4, -0.2) is 59.4 Å². The molecule has 2 aromatic rings. The van der Waals surface area contributed by atoms with Gasteiger partial charge in [-0.15, -0.1) is 0 Å². The van der Waals surface area contributed by atoms with Crippen molar-refractivity contribution in [2.24, 2.45) is 0 Å². The van der Waals surface area contributed by atoms with Gasteiger partial charge in [0.2, 0.25) is 5.88 Å². The van der Waals surface area contributed by atoms with Crippen molar-refractivity contribution in [3.8, 4) is 5.88 Å². The fourth-order valence-electron chi connectivity index (χ4n) is 2.99. The van der Waals surface area contributed by atoms with Gasteiger partial charge in [-0.1, -0.05) is 17.8 Å². The summed E-state index contributed by atoms with van der Waals surface area (Å²) in [6, 6.07) is 4.00. The van der Waals surface area contributed by atoms with E-state index in [4.69, 9.17) is 9.72 Å². The Bertz CT molecular complexity index is 714. The molecule has 134 valence electrons. The van der Waals surface area contributed by atoms with Gasteiger partial charge in [-0.3, -0.25) is 4.90 Å². The number of hydrogen-bond acceptors (Lipinski definition) is 7. The molecule has 0 amide bonds. The first kappa shape index (κ1) is 17.9. The molecule has 1 aliphatic rings. The van der Waals surface area contributed by atoms with Crippen molar-refractivity contribution in [2.75, 3.05) is 44.4 Å². The van der Waals surface area contributed by atoms with Gasteiger partial charge in [-0.2, -0.15) is 0 Å². The molecule has 0 aromatic carbocycles. The molecule has 0 atom stereocenters. The standard InChI is InChI=1S/C18H25N5OS/c1-13-14(2)20-18(25-4)21-17(13)23-9-7-22(8-10-23)12-15-5-6-16(24-3)19-11-15/h5-6,11H,7-10,12H2,1-4H3. The molecule has 1 saturated heterocycles. The van der Waals surface area contributed by atoms with Gasteiger partial charge in [0.15, 0.2) is 5.16 Å². The molecule has 0 saturated carbocycles. The summed E-state index contributed by atoms with van der Waals surface area (Å²) in [4.78, 5) is 18.4. The first-order chi connectivity index (χ1) is 12.1. The maximum Gasteiger partial charge on any atom is 0.212 e. The molecular formula is C18H25N5OS. The normalized spacial score (nSPS) is 15.4. The highest BCUT2D eigenvalue weighted by atomic mass is 32.2. The molecule has 0 bridgehead atoms. The quantitative estimate of drug-likeness (QED) is 0.601. The van der Waals surface area contributed by atoms with Crippen LogP contribution in [0.2, 0.25) is 0 Å². The van der Waals surface area contributed by atoms with Crippen LogP contribution >= 0.6 is 11.8 Å². The highest BCUT2D eigenvalue weighted by Gasteiger charge is 2.21. The van der Waals surface area contributed by atoms with Crippen molar-refractivity contribution in [3.63, 3.8) is 0 Å². The maximum absolute atomic E-state index is 5.12. The molecule has 7 heteroatoms. The third kappa shape index (κ3) is 4.22. The number of nitrogens with zero attached hydrogens (tertiary/aromatic N) is 5. The van der Waals surface area contributed by atoms with Gasteiger partial charge in [0.05, 0.1) is 7.11 Å². The van der Waals surface area contributed by atoms with Crippen molar-refractivity contribution in [3.05, 3.63) is 35.2 Å². The fourth-order valence-corrected chi connectivity index (χ4v) is 3.39. The summed E-state index contributed by atoms with van der Waals surface area (Å²) in [7, 11) is 1.64. The van der Waals surface area contributed by atoms with Crippen LogP contribution in [0.4, 0.5) is 5.82 Å². The molecule has 2 aromatic heterocycles. The Morgan fingerprint density at radius 1 is 1.12 bits per heavy atom. The molecule has 25 heavy (non-hydrogen) atoms. The number of piperazine rings is 1. The SMILES string of the molecule is COc1ccc(CN2CCN(c3nc(SC)nc(C)c3C)CC2)cn1. The Morgan fingerprint density at radius 3 is 2.48 bits per heavy atom. The van der Waals surface area contributed by atoms with Crippen LogP contribution < -0.4 is 9.64 Å². The summed E-state index contributed by atoms with van der Waals surface area (Å²) in [6.07, 6.45) is 3.92. The van der Waals surface area contributed by atoms with Crippen molar-refractivity contribution in [1.82, 2.24) is 19.9 Å². The van der Waals surface area contributed by atoms with E-state index < -0.39 is 0 Å². The zero-order valence-corrected chi connectivity index (χ0v) is 16.1. The second-order valence-corrected chi connectivity index (χ2v) is 6.99. The van der Waals surface area contributed by atoms with Crippen LogP contribution in [0.3, 0.4) is 0 Å². The smallest absolute Gasteiger partial charge is 0.212 e. The van der Waals surface area contributed by atoms with E-state index in [1.54, 1.807) is 18.9 Å². The summed E-state index contributed by atoms with van der Waals surface area (Å²) >= 11 is 1.60. The average molecular weight is 359 g/mol. The second-order valence-electron chi connectivity index (χ2n) is 6.22. The molecule has 1 aliphatic heterocycles. The summed E-state index contributed by atoms with van der Waals surface area (Å²) < 4.78 is 5.12. The molecule has 3 heterocycles. The van der Waals surface area contributed by atoms with E-state index in [1.165, 1.54) is 11.1 Å². The van der Waals surface area contributed by atoms with Gasteiger partial charge >= 0.3 is 0 Å². The largest absolute Gasteiger partial charge is 0.481 e. The monoisotopic (exact) mass is 359 g/mol. The predicted molar refractivity (Wildman–Crippen MR) is 102 cm³/mol. The third-order valence-electron chi connectivity index (χ3n) is 4.61. The van der Waals surface area contributed by atoms with Crippen LogP contribution in [0.25, 0.3) is 0 Å². The minimum atomic E-state index is 0.660. The number of methoxy groups -OCH3 is 1. The predicted octanol–water partition coefficient (Wildman–Crippen LogP) is 2.54. The number of hydrogen-bond donors (Lipinski definition) is 0. The summed E-state index contributed by atoms with van der Waals surface area (Å²) in [5.41, 5.74) is 3.47. The zero-order valence-electron chi connectivity index (χ0n) is 15.3. The number of anilines is 1. The number of rotatable bonds is 5. The molecule has 0 aliphatic carbocycles.